The molecule has 0 nitrogen and oxygen atoms in total. The molecule has 0 saturated carbocycles. The van der Waals surface area contributed by atoms with Crippen molar-refractivity contribution in [1.29, 1.82) is 0 Å². The van der Waals surface area contributed by atoms with Crippen molar-refractivity contribution >= 4 is 0 Å². The molecular formula is C9H19F. The molecule has 0 spiro atoms. The predicted molar refractivity (Wildman–Crippen MR) is 43.9 cm³/mol. The van der Waals surface area contributed by atoms with E-state index < -0.39 is 0 Å². The highest BCUT2D eigenvalue weighted by Crippen LogP contribution is 2.14. The highest BCUT2D eigenvalue weighted by molar-refractivity contribution is 4.56. The first-order valence-corrected chi connectivity index (χ1v) is 4.41. The molecule has 0 bridgehead atoms. The summed E-state index contributed by atoms with van der Waals surface area (Å²) in [5.74, 6) is 0.352. The molecule has 1 unspecified atom stereocenters. The van der Waals surface area contributed by atoms with E-state index in [1.54, 1.807) is 0 Å². The molecule has 0 radical (unpaired) electrons. The summed E-state index contributed by atoms with van der Waals surface area (Å²) in [6.45, 7) is 4.16. The molecule has 10 heavy (non-hydrogen) atoms. The van der Waals surface area contributed by atoms with Crippen LogP contribution in [-0.4, -0.2) is 6.67 Å². The summed E-state index contributed by atoms with van der Waals surface area (Å²) in [5, 5.41) is 0. The zero-order valence-electron chi connectivity index (χ0n) is 7.20. The van der Waals surface area contributed by atoms with Crippen LogP contribution in [0.15, 0.2) is 0 Å². The third-order valence-corrected chi connectivity index (χ3v) is 1.88. The summed E-state index contributed by atoms with van der Waals surface area (Å²) in [4.78, 5) is 0. The van der Waals surface area contributed by atoms with Crippen LogP contribution in [0.4, 0.5) is 4.39 Å². The van der Waals surface area contributed by atoms with Gasteiger partial charge in [0.25, 0.3) is 0 Å². The van der Waals surface area contributed by atoms with E-state index in [1.165, 1.54) is 12.8 Å². The molecule has 0 aliphatic heterocycles. The third-order valence-electron chi connectivity index (χ3n) is 1.88. The summed E-state index contributed by atoms with van der Waals surface area (Å²) in [7, 11) is 0. The molecule has 0 aromatic heterocycles. The van der Waals surface area contributed by atoms with Crippen LogP contribution in [0.25, 0.3) is 0 Å². The van der Waals surface area contributed by atoms with Crippen molar-refractivity contribution in [3.8, 4) is 0 Å². The Kier molecular flexibility index (Phi) is 6.99. The van der Waals surface area contributed by atoms with Crippen molar-refractivity contribution in [3.05, 3.63) is 0 Å². The Balaban J connectivity index is 3.21. The summed E-state index contributed by atoms with van der Waals surface area (Å²) in [5.41, 5.74) is 0. The summed E-state index contributed by atoms with van der Waals surface area (Å²) in [6.07, 6.45) is 5.66. The standard InChI is InChI=1S/C9H19F/c1-3-5-7-9(8-10)6-4-2/h9H,3-8H2,1-2H3. The average molecular weight is 146 g/mol. The van der Waals surface area contributed by atoms with E-state index in [0.29, 0.717) is 5.92 Å². The third kappa shape index (κ3) is 4.78. The van der Waals surface area contributed by atoms with Gasteiger partial charge in [0, 0.05) is 0 Å². The monoisotopic (exact) mass is 146 g/mol. The maximum atomic E-state index is 12.2. The zero-order valence-corrected chi connectivity index (χ0v) is 7.20. The minimum atomic E-state index is -0.117. The lowest BCUT2D eigenvalue weighted by molar-refractivity contribution is 0.318. The fourth-order valence-corrected chi connectivity index (χ4v) is 1.20. The minimum absolute atomic E-state index is 0.117. The highest BCUT2D eigenvalue weighted by Gasteiger charge is 2.04. The Bertz CT molecular complexity index is 61.7. The maximum absolute atomic E-state index is 12.2. The number of halogens is 1. The Hall–Kier alpha value is -0.0700. The largest absolute Gasteiger partial charge is 0.251 e. The van der Waals surface area contributed by atoms with E-state index in [0.717, 1.165) is 19.3 Å². The lowest BCUT2D eigenvalue weighted by Gasteiger charge is -2.09. The van der Waals surface area contributed by atoms with Crippen molar-refractivity contribution in [2.24, 2.45) is 5.92 Å². The van der Waals surface area contributed by atoms with Crippen LogP contribution in [0.3, 0.4) is 0 Å². The number of hydrogen-bond donors (Lipinski definition) is 0. The topological polar surface area (TPSA) is 0 Å². The molecule has 0 rings (SSSR count). The zero-order chi connectivity index (χ0) is 7.82. The van der Waals surface area contributed by atoms with Crippen LogP contribution in [0, 0.1) is 5.92 Å². The molecule has 62 valence electrons. The van der Waals surface area contributed by atoms with Gasteiger partial charge in [0.05, 0.1) is 6.67 Å². The average Bonchev–Trinajstić information content (AvgIpc) is 1.98. The highest BCUT2D eigenvalue weighted by atomic mass is 19.1. The SMILES string of the molecule is CCCCC(CF)CCC. The normalized spacial score (nSPS) is 13.5. The van der Waals surface area contributed by atoms with Gasteiger partial charge in [-0.05, 0) is 18.8 Å². The van der Waals surface area contributed by atoms with Gasteiger partial charge in [-0.3, -0.25) is 4.39 Å². The van der Waals surface area contributed by atoms with Crippen LogP contribution in [0.5, 0.6) is 0 Å². The van der Waals surface area contributed by atoms with Gasteiger partial charge in [-0.1, -0.05) is 33.1 Å². The molecule has 0 N–H and O–H groups in total. The van der Waals surface area contributed by atoms with Crippen LogP contribution >= 0.6 is 0 Å². The molecule has 0 aliphatic carbocycles. The molecular weight excluding hydrogens is 127 g/mol. The van der Waals surface area contributed by atoms with E-state index in [-0.39, 0.29) is 6.67 Å². The van der Waals surface area contributed by atoms with Gasteiger partial charge in [0.2, 0.25) is 0 Å². The van der Waals surface area contributed by atoms with Gasteiger partial charge < -0.3 is 0 Å². The quantitative estimate of drug-likeness (QED) is 0.537. The van der Waals surface area contributed by atoms with Crippen LogP contribution in [0.1, 0.15) is 46.0 Å². The molecule has 0 heterocycles. The smallest absolute Gasteiger partial charge is 0.0922 e. The van der Waals surface area contributed by atoms with Gasteiger partial charge in [0.1, 0.15) is 0 Å². The molecule has 0 aromatic rings. The molecule has 0 saturated heterocycles. The number of hydrogen-bond acceptors (Lipinski definition) is 0. The predicted octanol–water partition coefficient (Wildman–Crippen LogP) is 3.56. The maximum Gasteiger partial charge on any atom is 0.0922 e. The van der Waals surface area contributed by atoms with Crippen molar-refractivity contribution in [2.45, 2.75) is 46.0 Å². The summed E-state index contributed by atoms with van der Waals surface area (Å²) < 4.78 is 12.2. The number of rotatable bonds is 6. The number of alkyl halides is 1. The first kappa shape index (κ1) is 9.93. The van der Waals surface area contributed by atoms with Crippen molar-refractivity contribution in [3.63, 3.8) is 0 Å². The lowest BCUT2D eigenvalue weighted by Crippen LogP contribution is -2.01. The lowest BCUT2D eigenvalue weighted by atomic mass is 9.99. The molecule has 0 aromatic carbocycles. The van der Waals surface area contributed by atoms with E-state index in [4.69, 9.17) is 0 Å². The Morgan fingerprint density at radius 1 is 1.10 bits per heavy atom. The second-order valence-electron chi connectivity index (χ2n) is 2.95. The van der Waals surface area contributed by atoms with Gasteiger partial charge in [0.15, 0.2) is 0 Å². The molecule has 0 amide bonds. The van der Waals surface area contributed by atoms with Crippen molar-refractivity contribution in [1.82, 2.24) is 0 Å². The fourth-order valence-electron chi connectivity index (χ4n) is 1.20. The first-order valence-electron chi connectivity index (χ1n) is 4.41. The van der Waals surface area contributed by atoms with Gasteiger partial charge >= 0.3 is 0 Å². The summed E-state index contributed by atoms with van der Waals surface area (Å²) >= 11 is 0. The van der Waals surface area contributed by atoms with Gasteiger partial charge in [-0.2, -0.15) is 0 Å². The second-order valence-corrected chi connectivity index (χ2v) is 2.95. The molecule has 0 fully saturated rings. The van der Waals surface area contributed by atoms with E-state index in [2.05, 4.69) is 13.8 Å². The number of unbranched alkanes of at least 4 members (excludes halogenated alkanes) is 1. The summed E-state index contributed by atoms with van der Waals surface area (Å²) in [6, 6.07) is 0. The second kappa shape index (κ2) is 7.04. The van der Waals surface area contributed by atoms with Crippen LogP contribution in [-0.2, 0) is 0 Å². The Labute approximate surface area is 63.8 Å². The van der Waals surface area contributed by atoms with Crippen LogP contribution in [0.2, 0.25) is 0 Å². The molecule has 1 heteroatoms. The first-order chi connectivity index (χ1) is 4.85. The van der Waals surface area contributed by atoms with Gasteiger partial charge in [-0.25, -0.2) is 0 Å². The Morgan fingerprint density at radius 3 is 2.20 bits per heavy atom. The minimum Gasteiger partial charge on any atom is -0.251 e. The van der Waals surface area contributed by atoms with Gasteiger partial charge in [-0.15, -0.1) is 0 Å². The Morgan fingerprint density at radius 2 is 1.80 bits per heavy atom. The van der Waals surface area contributed by atoms with E-state index in [9.17, 15) is 4.39 Å². The van der Waals surface area contributed by atoms with E-state index in [1.807, 2.05) is 0 Å². The fraction of sp³-hybridized carbons (Fsp3) is 1.00. The van der Waals surface area contributed by atoms with E-state index >= 15 is 0 Å². The van der Waals surface area contributed by atoms with Crippen molar-refractivity contribution < 1.29 is 4.39 Å². The van der Waals surface area contributed by atoms with Crippen molar-refractivity contribution in [2.75, 3.05) is 6.67 Å². The van der Waals surface area contributed by atoms with Crippen LogP contribution < -0.4 is 0 Å². The molecule has 0 aliphatic rings. The molecule has 1 atom stereocenters.